The summed E-state index contributed by atoms with van der Waals surface area (Å²) >= 11 is 0. The van der Waals surface area contributed by atoms with E-state index in [9.17, 15) is 19.2 Å². The van der Waals surface area contributed by atoms with E-state index >= 15 is 0 Å². The van der Waals surface area contributed by atoms with E-state index in [0.717, 1.165) is 57.8 Å². The highest BCUT2D eigenvalue weighted by atomic mass is 16.5. The van der Waals surface area contributed by atoms with Crippen LogP contribution >= 0.6 is 0 Å². The van der Waals surface area contributed by atoms with Crippen LogP contribution in [-0.4, -0.2) is 41.5 Å². The molecule has 3 N–H and O–H groups in total. The molecule has 5 aliphatic carbocycles. The van der Waals surface area contributed by atoms with Crippen LogP contribution < -0.4 is 16.0 Å². The van der Waals surface area contributed by atoms with Gasteiger partial charge >= 0.3 is 12.0 Å². The number of esters is 1. The molecule has 0 saturated heterocycles. The third-order valence-corrected chi connectivity index (χ3v) is 7.52. The minimum absolute atomic E-state index is 0.0681. The largest absolute Gasteiger partial charge is 0.452 e. The third kappa shape index (κ3) is 4.18. The van der Waals surface area contributed by atoms with Crippen LogP contribution in [0.25, 0.3) is 0 Å². The highest BCUT2D eigenvalue weighted by Crippen LogP contribution is 2.62. The molecule has 5 fully saturated rings. The van der Waals surface area contributed by atoms with E-state index in [1.54, 1.807) is 0 Å². The zero-order chi connectivity index (χ0) is 21.5. The molecule has 0 heterocycles. The van der Waals surface area contributed by atoms with Crippen LogP contribution in [-0.2, 0) is 19.1 Å². The molecule has 5 atom stereocenters. The topological polar surface area (TPSA) is 114 Å². The Balaban J connectivity index is 1.36. The predicted molar refractivity (Wildman–Crippen MR) is 108 cm³/mol. The van der Waals surface area contributed by atoms with Gasteiger partial charge in [0.05, 0.1) is 5.41 Å². The van der Waals surface area contributed by atoms with Crippen molar-refractivity contribution in [1.29, 1.82) is 0 Å². The van der Waals surface area contributed by atoms with Crippen molar-refractivity contribution in [3.8, 4) is 0 Å². The minimum Gasteiger partial charge on any atom is -0.452 e. The molecule has 0 spiro atoms. The lowest BCUT2D eigenvalue weighted by Crippen LogP contribution is -2.65. The molecule has 0 aromatic rings. The van der Waals surface area contributed by atoms with Crippen LogP contribution in [0.2, 0.25) is 0 Å². The molecule has 0 radical (unpaired) electrons. The smallest absolute Gasteiger partial charge is 0.321 e. The van der Waals surface area contributed by atoms with Gasteiger partial charge in [0, 0.05) is 18.5 Å². The van der Waals surface area contributed by atoms with E-state index in [4.69, 9.17) is 4.74 Å². The summed E-state index contributed by atoms with van der Waals surface area (Å²) in [5.41, 5.74) is -0.977. The number of carbonyl (C=O) groups excluding carboxylic acids is 4. The lowest BCUT2D eigenvalue weighted by Gasteiger charge is -2.60. The number of amides is 4. The summed E-state index contributed by atoms with van der Waals surface area (Å²) in [6.45, 7) is 3.02. The number of hydrogen-bond acceptors (Lipinski definition) is 5. The fraction of sp³-hybridized carbons (Fsp3) is 0.818. The first-order valence-electron chi connectivity index (χ1n) is 11.3. The maximum atomic E-state index is 13.2. The Bertz CT molecular complexity index is 731. The Morgan fingerprint density at radius 3 is 2.23 bits per heavy atom. The first-order valence-corrected chi connectivity index (χ1v) is 11.3. The van der Waals surface area contributed by atoms with E-state index in [1.807, 2.05) is 0 Å². The Kier molecular flexibility index (Phi) is 5.53. The highest BCUT2D eigenvalue weighted by Gasteiger charge is 2.61. The molecule has 0 aromatic heterocycles. The Labute approximate surface area is 177 Å². The molecule has 0 aliphatic heterocycles. The van der Waals surface area contributed by atoms with Gasteiger partial charge in [0.1, 0.15) is 0 Å². The number of ether oxygens (including phenoxy) is 1. The normalized spacial score (nSPS) is 35.5. The first kappa shape index (κ1) is 21.1. The van der Waals surface area contributed by atoms with E-state index in [-0.39, 0.29) is 23.5 Å². The molecule has 166 valence electrons. The summed E-state index contributed by atoms with van der Waals surface area (Å²) < 4.78 is 5.57. The summed E-state index contributed by atoms with van der Waals surface area (Å²) in [6, 6.07) is -0.429. The van der Waals surface area contributed by atoms with Gasteiger partial charge in [0.25, 0.3) is 5.91 Å². The van der Waals surface area contributed by atoms with Crippen LogP contribution in [0, 0.1) is 17.3 Å². The molecular weight excluding hydrogens is 386 g/mol. The van der Waals surface area contributed by atoms with Gasteiger partial charge in [-0.25, -0.2) is 4.79 Å². The number of hydrogen-bond donors (Lipinski definition) is 3. The monoisotopic (exact) mass is 419 g/mol. The second kappa shape index (κ2) is 7.85. The van der Waals surface area contributed by atoms with Gasteiger partial charge in [-0.05, 0) is 70.1 Å². The Morgan fingerprint density at radius 2 is 1.63 bits per heavy atom. The molecule has 4 amide bonds. The lowest BCUT2D eigenvalue weighted by atomic mass is 9.47. The van der Waals surface area contributed by atoms with Crippen molar-refractivity contribution in [3.63, 3.8) is 0 Å². The molecule has 5 aliphatic rings. The second-order valence-corrected chi connectivity index (χ2v) is 10.2. The number of carbonyl (C=O) groups is 4. The van der Waals surface area contributed by atoms with Crippen molar-refractivity contribution in [1.82, 2.24) is 16.0 Å². The van der Waals surface area contributed by atoms with Gasteiger partial charge in [0.2, 0.25) is 5.91 Å². The van der Waals surface area contributed by atoms with E-state index in [1.165, 1.54) is 13.8 Å². The summed E-state index contributed by atoms with van der Waals surface area (Å²) in [5, 5.41) is 8.22. The van der Waals surface area contributed by atoms with Crippen LogP contribution in [0.4, 0.5) is 4.79 Å². The molecule has 2 unspecified atom stereocenters. The molecule has 4 bridgehead atoms. The maximum absolute atomic E-state index is 13.2. The van der Waals surface area contributed by atoms with Gasteiger partial charge in [-0.2, -0.15) is 0 Å². The van der Waals surface area contributed by atoms with Crippen molar-refractivity contribution in [2.75, 3.05) is 0 Å². The Morgan fingerprint density at radius 1 is 1.00 bits per heavy atom. The highest BCUT2D eigenvalue weighted by molar-refractivity contribution is 5.97. The fourth-order valence-corrected chi connectivity index (χ4v) is 6.87. The number of nitrogens with one attached hydrogen (secondary N) is 3. The van der Waals surface area contributed by atoms with Gasteiger partial charge in [-0.15, -0.1) is 0 Å². The lowest BCUT2D eigenvalue weighted by molar-refractivity contribution is -0.182. The SMILES string of the molecule is CC(=O)NC12C[C@H]3C[C@@H](C1)CC(C(=O)O[C@@H](C)C(=O)NC(=O)NC1CCCC1)(C3)C2. The molecule has 5 saturated carbocycles. The zero-order valence-electron chi connectivity index (χ0n) is 17.9. The summed E-state index contributed by atoms with van der Waals surface area (Å²) in [6.07, 6.45) is 7.95. The fourth-order valence-electron chi connectivity index (χ4n) is 6.87. The van der Waals surface area contributed by atoms with Crippen molar-refractivity contribution in [3.05, 3.63) is 0 Å². The van der Waals surface area contributed by atoms with Crippen LogP contribution in [0.5, 0.6) is 0 Å². The molecule has 0 aromatic carbocycles. The standard InChI is InChI=1S/C22H33N3O5/c1-13(18(27)24-20(29)23-17-5-3-4-6-17)30-19(28)21-8-15-7-16(9-21)11-22(10-15,12-21)25-14(2)26/h13,15-17H,3-12H2,1-2H3,(H,25,26)(H2,23,24,27,29)/t13-,15-,16+,21?,22?/m0/s1. The van der Waals surface area contributed by atoms with Crippen LogP contribution in [0.1, 0.15) is 78.1 Å². The van der Waals surface area contributed by atoms with Gasteiger partial charge < -0.3 is 15.4 Å². The van der Waals surface area contributed by atoms with Crippen LogP contribution in [0.3, 0.4) is 0 Å². The van der Waals surface area contributed by atoms with Gasteiger partial charge in [-0.3, -0.25) is 19.7 Å². The molecule has 30 heavy (non-hydrogen) atoms. The maximum Gasteiger partial charge on any atom is 0.321 e. The zero-order valence-corrected chi connectivity index (χ0v) is 17.9. The van der Waals surface area contributed by atoms with Crippen LogP contribution in [0.15, 0.2) is 0 Å². The van der Waals surface area contributed by atoms with Crippen molar-refractivity contribution in [2.45, 2.75) is 95.7 Å². The second-order valence-electron chi connectivity index (χ2n) is 10.2. The first-order chi connectivity index (χ1) is 14.2. The van der Waals surface area contributed by atoms with Crippen molar-refractivity contribution < 1.29 is 23.9 Å². The number of rotatable bonds is 5. The summed E-state index contributed by atoms with van der Waals surface area (Å²) in [4.78, 5) is 49.4. The van der Waals surface area contributed by atoms with E-state index in [0.29, 0.717) is 18.3 Å². The number of imide groups is 1. The molecular formula is C22H33N3O5. The summed E-state index contributed by atoms with van der Waals surface area (Å²) in [5.74, 6) is -0.259. The van der Waals surface area contributed by atoms with Gasteiger partial charge in [-0.1, -0.05) is 12.8 Å². The van der Waals surface area contributed by atoms with Gasteiger partial charge in [0.15, 0.2) is 6.10 Å². The average Bonchev–Trinajstić information content (AvgIpc) is 3.12. The van der Waals surface area contributed by atoms with Crippen molar-refractivity contribution in [2.24, 2.45) is 17.3 Å². The predicted octanol–water partition coefficient (Wildman–Crippen LogP) is 2.16. The third-order valence-electron chi connectivity index (χ3n) is 7.52. The molecule has 8 heteroatoms. The quantitative estimate of drug-likeness (QED) is 0.591. The molecule has 8 nitrogen and oxygen atoms in total. The Hall–Kier alpha value is -2.12. The minimum atomic E-state index is -1.04. The number of urea groups is 1. The summed E-state index contributed by atoms with van der Waals surface area (Å²) in [7, 11) is 0. The van der Waals surface area contributed by atoms with E-state index < -0.39 is 23.5 Å². The molecule has 5 rings (SSSR count). The van der Waals surface area contributed by atoms with Crippen molar-refractivity contribution >= 4 is 23.8 Å². The van der Waals surface area contributed by atoms with E-state index in [2.05, 4.69) is 16.0 Å². The average molecular weight is 420 g/mol.